The SMILES string of the molecule is CC(C)CC[C@H]1C[C@@H](C(=O)C(C)C)N(C(C)C)C1. The molecule has 1 aliphatic rings. The molecule has 0 bridgehead atoms. The van der Waals surface area contributed by atoms with Crippen molar-refractivity contribution in [2.45, 2.75) is 72.9 Å². The van der Waals surface area contributed by atoms with Crippen molar-refractivity contribution in [2.24, 2.45) is 17.8 Å². The molecule has 18 heavy (non-hydrogen) atoms. The summed E-state index contributed by atoms with van der Waals surface area (Å²) in [6.45, 7) is 14.2. The number of rotatable bonds is 6. The average molecular weight is 253 g/mol. The summed E-state index contributed by atoms with van der Waals surface area (Å²) >= 11 is 0. The normalized spacial score (nSPS) is 25.6. The highest BCUT2D eigenvalue weighted by molar-refractivity contribution is 5.86. The van der Waals surface area contributed by atoms with Crippen LogP contribution in [0.2, 0.25) is 0 Å². The Morgan fingerprint density at radius 3 is 2.22 bits per heavy atom. The Morgan fingerprint density at radius 2 is 1.78 bits per heavy atom. The number of ketones is 1. The second kappa shape index (κ2) is 6.70. The van der Waals surface area contributed by atoms with Crippen LogP contribution >= 0.6 is 0 Å². The molecule has 0 aromatic rings. The van der Waals surface area contributed by atoms with Crippen LogP contribution in [0.25, 0.3) is 0 Å². The van der Waals surface area contributed by atoms with Gasteiger partial charge in [-0.1, -0.05) is 34.1 Å². The molecule has 0 spiro atoms. The highest BCUT2D eigenvalue weighted by atomic mass is 16.1. The molecule has 1 saturated heterocycles. The average Bonchev–Trinajstić information content (AvgIpc) is 2.69. The number of hydrogen-bond donors (Lipinski definition) is 0. The predicted octanol–water partition coefficient (Wildman–Crippen LogP) is 3.75. The second-order valence-electron chi connectivity index (χ2n) is 6.94. The van der Waals surface area contributed by atoms with Gasteiger partial charge in [0.15, 0.2) is 5.78 Å². The maximum absolute atomic E-state index is 12.3. The summed E-state index contributed by atoms with van der Waals surface area (Å²) in [4.78, 5) is 14.7. The molecule has 0 unspecified atom stereocenters. The summed E-state index contributed by atoms with van der Waals surface area (Å²) in [5.74, 6) is 2.11. The summed E-state index contributed by atoms with van der Waals surface area (Å²) in [6, 6.07) is 0.670. The third-order valence-corrected chi connectivity index (χ3v) is 4.14. The topological polar surface area (TPSA) is 20.3 Å². The lowest BCUT2D eigenvalue weighted by Gasteiger charge is -2.28. The van der Waals surface area contributed by atoms with Gasteiger partial charge in [-0.25, -0.2) is 0 Å². The lowest BCUT2D eigenvalue weighted by molar-refractivity contribution is -0.126. The zero-order valence-electron chi connectivity index (χ0n) is 13.1. The second-order valence-corrected chi connectivity index (χ2v) is 6.94. The minimum atomic E-state index is 0.167. The number of carbonyl (C=O) groups is 1. The number of likely N-dealkylation sites (tertiary alicyclic amines) is 1. The number of carbonyl (C=O) groups excluding carboxylic acids is 1. The fourth-order valence-corrected chi connectivity index (χ4v) is 2.96. The van der Waals surface area contributed by atoms with Crippen LogP contribution in [0.5, 0.6) is 0 Å². The van der Waals surface area contributed by atoms with Crippen LogP contribution in [-0.2, 0) is 4.79 Å². The summed E-state index contributed by atoms with van der Waals surface area (Å²) < 4.78 is 0. The largest absolute Gasteiger partial charge is 0.298 e. The molecule has 0 aromatic heterocycles. The predicted molar refractivity (Wildman–Crippen MR) is 77.7 cm³/mol. The van der Waals surface area contributed by atoms with Crippen molar-refractivity contribution in [3.05, 3.63) is 0 Å². The molecule has 1 rings (SSSR count). The van der Waals surface area contributed by atoms with Gasteiger partial charge in [-0.3, -0.25) is 9.69 Å². The van der Waals surface area contributed by atoms with Gasteiger partial charge in [0.25, 0.3) is 0 Å². The highest BCUT2D eigenvalue weighted by Gasteiger charge is 2.38. The quantitative estimate of drug-likeness (QED) is 0.718. The fourth-order valence-electron chi connectivity index (χ4n) is 2.96. The maximum Gasteiger partial charge on any atom is 0.152 e. The van der Waals surface area contributed by atoms with Gasteiger partial charge >= 0.3 is 0 Å². The molecule has 1 fully saturated rings. The van der Waals surface area contributed by atoms with Crippen LogP contribution in [0.15, 0.2) is 0 Å². The van der Waals surface area contributed by atoms with Crippen molar-refractivity contribution in [3.8, 4) is 0 Å². The van der Waals surface area contributed by atoms with Crippen LogP contribution in [0.1, 0.15) is 60.8 Å². The summed E-state index contributed by atoms with van der Waals surface area (Å²) in [6.07, 6.45) is 3.66. The first-order valence-corrected chi connectivity index (χ1v) is 7.62. The Hall–Kier alpha value is -0.370. The smallest absolute Gasteiger partial charge is 0.152 e. The molecule has 1 heterocycles. The minimum Gasteiger partial charge on any atom is -0.298 e. The Bertz CT molecular complexity index is 270. The molecule has 2 nitrogen and oxygen atoms in total. The van der Waals surface area contributed by atoms with E-state index in [1.165, 1.54) is 12.8 Å². The molecule has 1 aliphatic heterocycles. The van der Waals surface area contributed by atoms with E-state index in [0.717, 1.165) is 24.8 Å². The van der Waals surface area contributed by atoms with Crippen molar-refractivity contribution in [3.63, 3.8) is 0 Å². The van der Waals surface area contributed by atoms with E-state index in [1.807, 2.05) is 13.8 Å². The van der Waals surface area contributed by atoms with E-state index in [2.05, 4.69) is 32.6 Å². The molecule has 0 aromatic carbocycles. The molecule has 106 valence electrons. The van der Waals surface area contributed by atoms with Gasteiger partial charge in [0, 0.05) is 18.5 Å². The monoisotopic (exact) mass is 253 g/mol. The van der Waals surface area contributed by atoms with Crippen LogP contribution in [0.3, 0.4) is 0 Å². The number of Topliss-reactive ketones (excluding diaryl/α,β-unsaturated/α-hetero) is 1. The van der Waals surface area contributed by atoms with Gasteiger partial charge in [-0.15, -0.1) is 0 Å². The molecule has 0 amide bonds. The highest BCUT2D eigenvalue weighted by Crippen LogP contribution is 2.31. The molecule has 0 aliphatic carbocycles. The number of nitrogens with zero attached hydrogens (tertiary/aromatic N) is 1. The van der Waals surface area contributed by atoms with E-state index in [1.54, 1.807) is 0 Å². The first-order valence-electron chi connectivity index (χ1n) is 7.62. The maximum atomic E-state index is 12.3. The number of hydrogen-bond acceptors (Lipinski definition) is 2. The van der Waals surface area contributed by atoms with E-state index >= 15 is 0 Å². The summed E-state index contributed by atoms with van der Waals surface area (Å²) in [5.41, 5.74) is 0. The van der Waals surface area contributed by atoms with Crippen LogP contribution in [0, 0.1) is 17.8 Å². The van der Waals surface area contributed by atoms with Crippen molar-refractivity contribution >= 4 is 5.78 Å². The van der Waals surface area contributed by atoms with Crippen molar-refractivity contribution in [1.29, 1.82) is 0 Å². The van der Waals surface area contributed by atoms with Crippen LogP contribution in [0.4, 0.5) is 0 Å². The van der Waals surface area contributed by atoms with Crippen LogP contribution < -0.4 is 0 Å². The lowest BCUT2D eigenvalue weighted by Crippen LogP contribution is -2.42. The first kappa shape index (κ1) is 15.7. The van der Waals surface area contributed by atoms with Crippen LogP contribution in [-0.4, -0.2) is 29.3 Å². The van der Waals surface area contributed by atoms with Gasteiger partial charge in [0.2, 0.25) is 0 Å². The Kier molecular flexibility index (Phi) is 5.84. The molecule has 2 atom stereocenters. The molecule has 0 N–H and O–H groups in total. The first-order chi connectivity index (χ1) is 8.32. The molecule has 2 heteroatoms. The summed E-state index contributed by atoms with van der Waals surface area (Å²) in [5, 5.41) is 0. The van der Waals surface area contributed by atoms with Gasteiger partial charge in [-0.2, -0.15) is 0 Å². The minimum absolute atomic E-state index is 0.167. The van der Waals surface area contributed by atoms with E-state index in [9.17, 15) is 4.79 Å². The Balaban J connectivity index is 2.62. The van der Waals surface area contributed by atoms with Crippen molar-refractivity contribution in [2.75, 3.05) is 6.54 Å². The lowest BCUT2D eigenvalue weighted by atomic mass is 9.92. The van der Waals surface area contributed by atoms with E-state index in [-0.39, 0.29) is 12.0 Å². The van der Waals surface area contributed by atoms with Gasteiger partial charge in [-0.05, 0) is 38.5 Å². The molecular weight excluding hydrogens is 222 g/mol. The van der Waals surface area contributed by atoms with E-state index in [0.29, 0.717) is 11.8 Å². The van der Waals surface area contributed by atoms with Gasteiger partial charge in [0.05, 0.1) is 6.04 Å². The zero-order valence-corrected chi connectivity index (χ0v) is 13.1. The van der Waals surface area contributed by atoms with E-state index < -0.39 is 0 Å². The standard InChI is InChI=1S/C16H31NO/c1-11(2)7-8-14-9-15(16(18)12(3)4)17(10-14)13(5)6/h11-15H,7-10H2,1-6H3/t14-,15-/m0/s1. The third kappa shape index (κ3) is 4.08. The fraction of sp³-hybridized carbons (Fsp3) is 0.938. The van der Waals surface area contributed by atoms with E-state index in [4.69, 9.17) is 0 Å². The van der Waals surface area contributed by atoms with Gasteiger partial charge in [0.1, 0.15) is 0 Å². The van der Waals surface area contributed by atoms with Crippen molar-refractivity contribution in [1.82, 2.24) is 4.90 Å². The van der Waals surface area contributed by atoms with Gasteiger partial charge < -0.3 is 0 Å². The summed E-state index contributed by atoms with van der Waals surface area (Å²) in [7, 11) is 0. The van der Waals surface area contributed by atoms with Crippen molar-refractivity contribution < 1.29 is 4.79 Å². The third-order valence-electron chi connectivity index (χ3n) is 4.14. The Labute approximate surface area is 113 Å². The molecule has 0 radical (unpaired) electrons. The molecule has 0 saturated carbocycles. The Morgan fingerprint density at radius 1 is 1.17 bits per heavy atom. The zero-order chi connectivity index (χ0) is 13.9. The molecular formula is C16H31NO.